The first-order valence-electron chi connectivity index (χ1n) is 5.50. The topological polar surface area (TPSA) is 118 Å². The van der Waals surface area contributed by atoms with Crippen molar-refractivity contribution < 1.29 is 30.3 Å². The number of carbonyl (C=O) groups is 1. The van der Waals surface area contributed by atoms with Gasteiger partial charge in [-0.2, -0.15) is 0 Å². The molecule has 0 saturated heterocycles. The highest BCUT2D eigenvalue weighted by Gasteiger charge is 2.76. The molecule has 1 rings (SSSR count). The first kappa shape index (κ1) is 20.8. The van der Waals surface area contributed by atoms with Gasteiger partial charge in [-0.3, -0.25) is 4.79 Å². The summed E-state index contributed by atoms with van der Waals surface area (Å²) in [5.74, 6) is -3.66. The van der Waals surface area contributed by atoms with Crippen molar-refractivity contribution in [3.63, 3.8) is 0 Å². The zero-order valence-electron chi connectivity index (χ0n) is 10.3. The summed E-state index contributed by atoms with van der Waals surface area (Å²) >= 11 is 32.5. The van der Waals surface area contributed by atoms with Crippen LogP contribution in [-0.4, -0.2) is 62.8 Å². The summed E-state index contributed by atoms with van der Waals surface area (Å²) < 4.78 is -4.32. The summed E-state index contributed by atoms with van der Waals surface area (Å²) in [7, 11) is 0. The van der Waals surface area contributed by atoms with Crippen LogP contribution < -0.4 is 0 Å². The van der Waals surface area contributed by atoms with Crippen LogP contribution in [0.25, 0.3) is 0 Å². The van der Waals surface area contributed by atoms with E-state index < -0.39 is 49.0 Å². The SMILES string of the molecule is O=C1C(C(Cl)(Cl)Cl)[C@@]1(O)[C@@H](O)[C@H](O)[C@H](O)C(O)=CC(Cl)(Cl)Cl. The van der Waals surface area contributed by atoms with Crippen LogP contribution in [0.1, 0.15) is 0 Å². The lowest BCUT2D eigenvalue weighted by atomic mass is 9.98. The minimum atomic E-state index is -2.59. The molecule has 1 unspecified atom stereocenters. The first-order valence-corrected chi connectivity index (χ1v) is 7.77. The van der Waals surface area contributed by atoms with Crippen LogP contribution in [0.5, 0.6) is 0 Å². The van der Waals surface area contributed by atoms with Crippen molar-refractivity contribution in [1.29, 1.82) is 0 Å². The van der Waals surface area contributed by atoms with Gasteiger partial charge >= 0.3 is 0 Å². The van der Waals surface area contributed by atoms with Crippen LogP contribution in [0.15, 0.2) is 11.8 Å². The Morgan fingerprint density at radius 3 is 1.91 bits per heavy atom. The molecule has 1 fully saturated rings. The maximum absolute atomic E-state index is 11.6. The molecule has 0 aromatic carbocycles. The predicted octanol–water partition coefficient (Wildman–Crippen LogP) is 1.18. The van der Waals surface area contributed by atoms with Crippen molar-refractivity contribution in [2.45, 2.75) is 31.5 Å². The van der Waals surface area contributed by atoms with Gasteiger partial charge in [0.25, 0.3) is 0 Å². The number of aliphatic hydroxyl groups excluding tert-OH is 4. The van der Waals surface area contributed by atoms with E-state index in [1.165, 1.54) is 0 Å². The zero-order chi connectivity index (χ0) is 17.7. The van der Waals surface area contributed by atoms with Crippen LogP contribution in [-0.2, 0) is 4.79 Å². The number of halogens is 6. The molecule has 0 radical (unpaired) electrons. The van der Waals surface area contributed by atoms with Crippen molar-refractivity contribution in [3.05, 3.63) is 11.8 Å². The molecular formula is C10H10Cl6O6. The third kappa shape index (κ3) is 4.25. The van der Waals surface area contributed by atoms with E-state index in [-0.39, 0.29) is 0 Å². The van der Waals surface area contributed by atoms with E-state index in [9.17, 15) is 30.3 Å². The Hall–Kier alpha value is 0.790. The molecule has 0 aromatic heterocycles. The number of hydrogen-bond acceptors (Lipinski definition) is 6. The Balaban J connectivity index is 2.93. The highest BCUT2D eigenvalue weighted by atomic mass is 35.6. The molecule has 0 aromatic rings. The summed E-state index contributed by atoms with van der Waals surface area (Å²) in [4.78, 5) is 11.6. The summed E-state index contributed by atoms with van der Waals surface area (Å²) in [5.41, 5.74) is -2.59. The van der Waals surface area contributed by atoms with Gasteiger partial charge in [0, 0.05) is 6.08 Å². The molecule has 22 heavy (non-hydrogen) atoms. The number of Topliss-reactive ketones (excluding diaryl/α,β-unsaturated/α-hetero) is 1. The maximum atomic E-state index is 11.6. The van der Waals surface area contributed by atoms with Gasteiger partial charge in [-0.05, 0) is 0 Å². The van der Waals surface area contributed by atoms with Crippen LogP contribution in [0.2, 0.25) is 0 Å². The second kappa shape index (κ2) is 6.59. The molecule has 0 amide bonds. The minimum absolute atomic E-state index is 0.559. The van der Waals surface area contributed by atoms with Gasteiger partial charge in [0.15, 0.2) is 11.4 Å². The number of aliphatic hydroxyl groups is 5. The molecule has 1 aliphatic rings. The largest absolute Gasteiger partial charge is 0.510 e. The van der Waals surface area contributed by atoms with Gasteiger partial charge in [0.2, 0.25) is 7.59 Å². The van der Waals surface area contributed by atoms with E-state index in [0.29, 0.717) is 6.08 Å². The molecule has 5 atom stereocenters. The van der Waals surface area contributed by atoms with E-state index in [2.05, 4.69) is 0 Å². The molecule has 0 heterocycles. The maximum Gasteiger partial charge on any atom is 0.212 e. The number of allylic oxidation sites excluding steroid dienone is 1. The fourth-order valence-corrected chi connectivity index (χ4v) is 3.02. The van der Waals surface area contributed by atoms with Gasteiger partial charge in [0.1, 0.15) is 30.0 Å². The average Bonchev–Trinajstić information content (AvgIpc) is 2.88. The Kier molecular flexibility index (Phi) is 6.25. The van der Waals surface area contributed by atoms with Crippen molar-refractivity contribution in [2.24, 2.45) is 5.92 Å². The normalized spacial score (nSPS) is 30.9. The number of alkyl halides is 6. The third-order valence-corrected chi connectivity index (χ3v) is 4.04. The van der Waals surface area contributed by atoms with Crippen LogP contribution in [0.4, 0.5) is 0 Å². The number of carbonyl (C=O) groups excluding carboxylic acids is 1. The van der Waals surface area contributed by atoms with Crippen LogP contribution in [0, 0.1) is 5.92 Å². The Morgan fingerprint density at radius 2 is 1.59 bits per heavy atom. The molecule has 128 valence electrons. The number of hydrogen-bond donors (Lipinski definition) is 5. The lowest BCUT2D eigenvalue weighted by molar-refractivity contribution is -0.136. The Labute approximate surface area is 154 Å². The van der Waals surface area contributed by atoms with E-state index in [1.54, 1.807) is 0 Å². The Morgan fingerprint density at radius 1 is 1.14 bits per heavy atom. The van der Waals surface area contributed by atoms with E-state index in [1.807, 2.05) is 0 Å². The van der Waals surface area contributed by atoms with Crippen molar-refractivity contribution >= 4 is 75.4 Å². The van der Waals surface area contributed by atoms with Gasteiger partial charge < -0.3 is 25.5 Å². The average molecular weight is 439 g/mol. The minimum Gasteiger partial charge on any atom is -0.510 e. The van der Waals surface area contributed by atoms with E-state index >= 15 is 0 Å². The van der Waals surface area contributed by atoms with Gasteiger partial charge in [-0.25, -0.2) is 0 Å². The molecule has 6 nitrogen and oxygen atoms in total. The summed E-state index contributed by atoms with van der Waals surface area (Å²) in [6.45, 7) is 0. The standard InChI is InChI=1S/C10H10Cl6O6/c11-8(12,13)1-2(17)3(18)4(19)6(20)9(22)5(7(9)21)10(14,15)16/h1,3-6,17-20,22H/t3-,4-,5?,6+,9-/m1/s1. The highest BCUT2D eigenvalue weighted by Crippen LogP contribution is 2.55. The molecular weight excluding hydrogens is 429 g/mol. The lowest BCUT2D eigenvalue weighted by Gasteiger charge is -2.27. The third-order valence-electron chi connectivity index (χ3n) is 3.05. The zero-order valence-corrected chi connectivity index (χ0v) is 14.8. The fourth-order valence-electron chi connectivity index (χ4n) is 1.88. The molecule has 1 saturated carbocycles. The predicted molar refractivity (Wildman–Crippen MR) is 82.8 cm³/mol. The van der Waals surface area contributed by atoms with Gasteiger partial charge in [-0.1, -0.05) is 69.6 Å². The number of ketones is 1. The molecule has 5 N–H and O–H groups in total. The molecule has 1 aliphatic carbocycles. The van der Waals surface area contributed by atoms with Gasteiger partial charge in [-0.15, -0.1) is 0 Å². The van der Waals surface area contributed by atoms with E-state index in [4.69, 9.17) is 69.6 Å². The highest BCUT2D eigenvalue weighted by molar-refractivity contribution is 6.69. The summed E-state index contributed by atoms with van der Waals surface area (Å²) in [6.07, 6.45) is -6.10. The second-order valence-corrected chi connectivity index (χ2v) is 9.39. The number of rotatable bonds is 4. The Bertz CT molecular complexity index is 485. The molecule has 0 spiro atoms. The van der Waals surface area contributed by atoms with Crippen molar-refractivity contribution in [2.75, 3.05) is 0 Å². The molecule has 0 bridgehead atoms. The van der Waals surface area contributed by atoms with Gasteiger partial charge in [0.05, 0.1) is 0 Å². The molecule has 0 aliphatic heterocycles. The van der Waals surface area contributed by atoms with Crippen LogP contribution >= 0.6 is 69.6 Å². The van der Waals surface area contributed by atoms with Crippen LogP contribution in [0.3, 0.4) is 0 Å². The summed E-state index contributed by atoms with van der Waals surface area (Å²) in [5, 5.41) is 48.7. The monoisotopic (exact) mass is 436 g/mol. The quantitative estimate of drug-likeness (QED) is 0.332. The fraction of sp³-hybridized carbons (Fsp3) is 0.700. The second-order valence-electron chi connectivity index (χ2n) is 4.66. The van der Waals surface area contributed by atoms with Crippen molar-refractivity contribution in [1.82, 2.24) is 0 Å². The smallest absolute Gasteiger partial charge is 0.212 e. The summed E-state index contributed by atoms with van der Waals surface area (Å²) in [6, 6.07) is 0. The molecule has 12 heteroatoms. The lowest BCUT2D eigenvalue weighted by Crippen LogP contribution is -2.49. The van der Waals surface area contributed by atoms with E-state index in [0.717, 1.165) is 0 Å². The first-order chi connectivity index (χ1) is 9.64. The van der Waals surface area contributed by atoms with Crippen molar-refractivity contribution in [3.8, 4) is 0 Å².